The number of carbonyl (C=O) groups is 1. The van der Waals surface area contributed by atoms with E-state index in [1.807, 2.05) is 0 Å². The van der Waals surface area contributed by atoms with Crippen LogP contribution < -0.4 is 14.8 Å². The number of aryl methyl sites for hydroxylation is 1. The summed E-state index contributed by atoms with van der Waals surface area (Å²) in [7, 11) is 2.81. The van der Waals surface area contributed by atoms with Crippen LogP contribution in [-0.2, 0) is 6.18 Å². The topological polar surface area (TPSA) is 91.2 Å². The van der Waals surface area contributed by atoms with Gasteiger partial charge in [0.15, 0.2) is 0 Å². The average Bonchev–Trinajstić information content (AvgIpc) is 3.09. The zero-order valence-corrected chi connectivity index (χ0v) is 15.6. The van der Waals surface area contributed by atoms with Crippen molar-refractivity contribution in [1.82, 2.24) is 19.7 Å². The SMILES string of the molecule is COc1cc(OC)nc(-n2nc(C)cc2C(=O)Nc2cccc(C(F)(F)F)c2)n1. The van der Waals surface area contributed by atoms with Crippen molar-refractivity contribution >= 4 is 11.6 Å². The van der Waals surface area contributed by atoms with Crippen molar-refractivity contribution in [3.8, 4) is 17.7 Å². The van der Waals surface area contributed by atoms with Crippen LogP contribution in [0.4, 0.5) is 18.9 Å². The number of rotatable bonds is 5. The van der Waals surface area contributed by atoms with Gasteiger partial charge in [0.2, 0.25) is 11.8 Å². The van der Waals surface area contributed by atoms with E-state index < -0.39 is 17.6 Å². The van der Waals surface area contributed by atoms with Crippen LogP contribution in [0, 0.1) is 6.92 Å². The van der Waals surface area contributed by atoms with E-state index in [-0.39, 0.29) is 29.1 Å². The van der Waals surface area contributed by atoms with Gasteiger partial charge >= 0.3 is 6.18 Å². The van der Waals surface area contributed by atoms with Gasteiger partial charge in [0, 0.05) is 5.69 Å². The number of hydrogen-bond acceptors (Lipinski definition) is 6. The summed E-state index contributed by atoms with van der Waals surface area (Å²) in [6.07, 6.45) is -4.52. The second-order valence-electron chi connectivity index (χ2n) is 5.87. The Kier molecular flexibility index (Phi) is 5.39. The van der Waals surface area contributed by atoms with Gasteiger partial charge in [-0.25, -0.2) is 0 Å². The molecule has 0 saturated heterocycles. The molecule has 8 nitrogen and oxygen atoms in total. The van der Waals surface area contributed by atoms with Crippen LogP contribution >= 0.6 is 0 Å². The molecule has 2 heterocycles. The van der Waals surface area contributed by atoms with Gasteiger partial charge in [0.05, 0.1) is 31.5 Å². The van der Waals surface area contributed by atoms with Crippen LogP contribution in [0.5, 0.6) is 11.8 Å². The molecule has 11 heteroatoms. The van der Waals surface area contributed by atoms with Crippen molar-refractivity contribution in [1.29, 1.82) is 0 Å². The summed E-state index contributed by atoms with van der Waals surface area (Å²) in [5.74, 6) is -0.313. The molecule has 3 rings (SSSR count). The minimum Gasteiger partial charge on any atom is -0.481 e. The highest BCUT2D eigenvalue weighted by atomic mass is 19.4. The van der Waals surface area contributed by atoms with Gasteiger partial charge < -0.3 is 14.8 Å². The second-order valence-corrected chi connectivity index (χ2v) is 5.87. The summed E-state index contributed by atoms with van der Waals surface area (Å²) in [6.45, 7) is 1.65. The Labute approximate surface area is 163 Å². The fourth-order valence-electron chi connectivity index (χ4n) is 2.48. The minimum atomic E-state index is -4.52. The molecule has 1 aromatic carbocycles. The summed E-state index contributed by atoms with van der Waals surface area (Å²) in [5, 5.41) is 6.62. The van der Waals surface area contributed by atoms with Gasteiger partial charge in [-0.2, -0.15) is 32.9 Å². The molecule has 0 atom stereocenters. The molecule has 0 aliphatic carbocycles. The number of amides is 1. The third-order valence-corrected chi connectivity index (χ3v) is 3.79. The van der Waals surface area contributed by atoms with Crippen LogP contribution in [-0.4, -0.2) is 39.9 Å². The molecule has 1 amide bonds. The summed E-state index contributed by atoms with van der Waals surface area (Å²) in [5.41, 5.74) is -0.389. The average molecular weight is 407 g/mol. The van der Waals surface area contributed by atoms with Crippen LogP contribution in [0.1, 0.15) is 21.7 Å². The number of nitrogens with zero attached hydrogens (tertiary/aromatic N) is 4. The number of aromatic nitrogens is 4. The lowest BCUT2D eigenvalue weighted by molar-refractivity contribution is -0.137. The van der Waals surface area contributed by atoms with Crippen molar-refractivity contribution < 1.29 is 27.4 Å². The maximum absolute atomic E-state index is 12.9. The van der Waals surface area contributed by atoms with Gasteiger partial charge in [-0.05, 0) is 31.2 Å². The maximum atomic E-state index is 12.9. The lowest BCUT2D eigenvalue weighted by Gasteiger charge is -2.11. The lowest BCUT2D eigenvalue weighted by Crippen LogP contribution is -2.19. The maximum Gasteiger partial charge on any atom is 0.416 e. The van der Waals surface area contributed by atoms with Crippen molar-refractivity contribution in [2.45, 2.75) is 13.1 Å². The first kappa shape index (κ1) is 20.1. The predicted molar refractivity (Wildman–Crippen MR) is 96.4 cm³/mol. The van der Waals surface area contributed by atoms with Crippen LogP contribution in [0.15, 0.2) is 36.4 Å². The van der Waals surface area contributed by atoms with Crippen molar-refractivity contribution in [2.75, 3.05) is 19.5 Å². The van der Waals surface area contributed by atoms with Crippen LogP contribution in [0.2, 0.25) is 0 Å². The largest absolute Gasteiger partial charge is 0.481 e. The fourth-order valence-corrected chi connectivity index (χ4v) is 2.48. The van der Waals surface area contributed by atoms with E-state index >= 15 is 0 Å². The molecule has 0 saturated carbocycles. The quantitative estimate of drug-likeness (QED) is 0.698. The van der Waals surface area contributed by atoms with Crippen LogP contribution in [0.25, 0.3) is 5.95 Å². The predicted octanol–water partition coefficient (Wildman–Crippen LogP) is 3.26. The molecule has 3 aromatic rings. The molecular weight excluding hydrogens is 391 g/mol. The van der Waals surface area contributed by atoms with E-state index in [9.17, 15) is 18.0 Å². The molecular formula is C18H16F3N5O3. The van der Waals surface area contributed by atoms with E-state index in [1.54, 1.807) is 6.92 Å². The van der Waals surface area contributed by atoms with Crippen molar-refractivity contribution in [3.63, 3.8) is 0 Å². The van der Waals surface area contributed by atoms with E-state index in [2.05, 4.69) is 20.4 Å². The normalized spacial score (nSPS) is 11.2. The Bertz CT molecular complexity index is 1030. The monoisotopic (exact) mass is 407 g/mol. The van der Waals surface area contributed by atoms with Crippen molar-refractivity contribution in [3.05, 3.63) is 53.3 Å². The molecule has 29 heavy (non-hydrogen) atoms. The third kappa shape index (κ3) is 4.45. The van der Waals surface area contributed by atoms with Crippen LogP contribution in [0.3, 0.4) is 0 Å². The standard InChI is InChI=1S/C18H16F3N5O3/c1-10-7-13(16(27)22-12-6-4-5-11(8-12)18(19,20)21)26(25-10)17-23-14(28-2)9-15(24-17)29-3/h4-9H,1-3H3,(H,22,27). The number of halogens is 3. The highest BCUT2D eigenvalue weighted by molar-refractivity contribution is 6.03. The van der Waals surface area contributed by atoms with Gasteiger partial charge in [-0.15, -0.1) is 0 Å². The summed E-state index contributed by atoms with van der Waals surface area (Å²) < 4.78 is 50.0. The Morgan fingerprint density at radius 1 is 1.07 bits per heavy atom. The first-order chi connectivity index (χ1) is 13.7. The zero-order chi connectivity index (χ0) is 21.2. The van der Waals surface area contributed by atoms with Gasteiger partial charge in [0.1, 0.15) is 5.69 Å². The fraction of sp³-hybridized carbons (Fsp3) is 0.222. The summed E-state index contributed by atoms with van der Waals surface area (Å²) >= 11 is 0. The van der Waals surface area contributed by atoms with Crippen molar-refractivity contribution in [2.24, 2.45) is 0 Å². The number of benzene rings is 1. The van der Waals surface area contributed by atoms with E-state index in [4.69, 9.17) is 9.47 Å². The number of anilines is 1. The summed E-state index contributed by atoms with van der Waals surface area (Å²) in [6, 6.07) is 7.22. The highest BCUT2D eigenvalue weighted by Gasteiger charge is 2.30. The van der Waals surface area contributed by atoms with E-state index in [1.165, 1.54) is 38.5 Å². The van der Waals surface area contributed by atoms with Gasteiger partial charge in [-0.1, -0.05) is 6.07 Å². The first-order valence-electron chi connectivity index (χ1n) is 8.24. The number of methoxy groups -OCH3 is 2. The number of alkyl halides is 3. The van der Waals surface area contributed by atoms with Gasteiger partial charge in [-0.3, -0.25) is 4.79 Å². The molecule has 0 aliphatic heterocycles. The first-order valence-corrected chi connectivity index (χ1v) is 8.24. The molecule has 152 valence electrons. The number of carbonyl (C=O) groups excluding carboxylic acids is 1. The number of ether oxygens (including phenoxy) is 2. The molecule has 1 N–H and O–H groups in total. The molecule has 2 aromatic heterocycles. The molecule has 0 aliphatic rings. The molecule has 0 unspecified atom stereocenters. The molecule has 0 bridgehead atoms. The second kappa shape index (κ2) is 7.78. The lowest BCUT2D eigenvalue weighted by atomic mass is 10.2. The minimum absolute atomic E-state index is 0.00323. The molecule has 0 spiro atoms. The Hall–Kier alpha value is -3.63. The highest BCUT2D eigenvalue weighted by Crippen LogP contribution is 2.30. The smallest absolute Gasteiger partial charge is 0.416 e. The molecule has 0 fully saturated rings. The Balaban J connectivity index is 1.96. The van der Waals surface area contributed by atoms with E-state index in [0.717, 1.165) is 16.8 Å². The van der Waals surface area contributed by atoms with E-state index in [0.29, 0.717) is 5.69 Å². The molecule has 0 radical (unpaired) electrons. The summed E-state index contributed by atoms with van der Waals surface area (Å²) in [4.78, 5) is 21.0. The Morgan fingerprint density at radius 2 is 1.72 bits per heavy atom. The zero-order valence-electron chi connectivity index (χ0n) is 15.6. The Morgan fingerprint density at radius 3 is 2.31 bits per heavy atom. The number of nitrogens with one attached hydrogen (secondary N) is 1. The van der Waals surface area contributed by atoms with Gasteiger partial charge in [0.25, 0.3) is 11.9 Å². The number of hydrogen-bond donors (Lipinski definition) is 1. The third-order valence-electron chi connectivity index (χ3n) is 3.79.